The Balaban J connectivity index is 1.69. The smallest absolute Gasteiger partial charge is 0.254 e. The number of rotatable bonds is 6. The average molecular weight is 320 g/mol. The number of amides is 1. The van der Waals surface area contributed by atoms with Crippen LogP contribution in [-0.2, 0) is 11.3 Å². The van der Waals surface area contributed by atoms with Crippen LogP contribution in [-0.4, -0.2) is 36.5 Å². The fraction of sp³-hybridized carbons (Fsp3) is 0.611. The van der Waals surface area contributed by atoms with Gasteiger partial charge in [0.2, 0.25) is 0 Å². The van der Waals surface area contributed by atoms with Crippen LogP contribution in [0.15, 0.2) is 18.2 Å². The predicted octanol–water partition coefficient (Wildman–Crippen LogP) is 2.71. The number of hydrogen-bond acceptors (Lipinski definition) is 3. The molecule has 0 aromatic heterocycles. The highest BCUT2D eigenvalue weighted by Crippen LogP contribution is 2.29. The fourth-order valence-electron chi connectivity index (χ4n) is 3.12. The summed E-state index contributed by atoms with van der Waals surface area (Å²) in [5, 5.41) is 0. The van der Waals surface area contributed by atoms with E-state index in [1.165, 1.54) is 18.9 Å². The molecule has 0 radical (unpaired) electrons. The Bertz CT molecular complexity index is 560. The van der Waals surface area contributed by atoms with Gasteiger partial charge in [-0.05, 0) is 56.2 Å². The van der Waals surface area contributed by atoms with Crippen molar-refractivity contribution in [3.8, 4) is 0 Å². The third-order valence-electron chi connectivity index (χ3n) is 4.76. The number of piperidine rings is 1. The van der Waals surface area contributed by atoms with Gasteiger partial charge in [0.05, 0.1) is 6.61 Å². The van der Waals surface area contributed by atoms with E-state index in [1.807, 2.05) is 4.90 Å². The molecule has 4 nitrogen and oxygen atoms in total. The van der Waals surface area contributed by atoms with Crippen molar-refractivity contribution in [2.24, 2.45) is 11.7 Å². The first-order chi connectivity index (χ1) is 11.2. The van der Waals surface area contributed by atoms with E-state index in [-0.39, 0.29) is 24.4 Å². The summed E-state index contributed by atoms with van der Waals surface area (Å²) in [6.45, 7) is 2.11. The SMILES string of the molecule is NC[C@H]1CCCCN1C(=O)c1ccc(F)c(COCC2CC2)c1. The van der Waals surface area contributed by atoms with Crippen LogP contribution in [0, 0.1) is 11.7 Å². The zero-order valence-corrected chi connectivity index (χ0v) is 13.5. The van der Waals surface area contributed by atoms with E-state index >= 15 is 0 Å². The topological polar surface area (TPSA) is 55.6 Å². The molecule has 2 aliphatic rings. The number of ether oxygens (including phenoxy) is 1. The first kappa shape index (κ1) is 16.4. The van der Waals surface area contributed by atoms with Crippen LogP contribution < -0.4 is 5.73 Å². The van der Waals surface area contributed by atoms with Crippen LogP contribution >= 0.6 is 0 Å². The van der Waals surface area contributed by atoms with Gasteiger partial charge in [-0.15, -0.1) is 0 Å². The summed E-state index contributed by atoms with van der Waals surface area (Å²) in [6, 6.07) is 4.65. The summed E-state index contributed by atoms with van der Waals surface area (Å²) in [4.78, 5) is 14.6. The normalized spacial score (nSPS) is 21.5. The summed E-state index contributed by atoms with van der Waals surface area (Å²) >= 11 is 0. The van der Waals surface area contributed by atoms with E-state index in [0.29, 0.717) is 30.2 Å². The van der Waals surface area contributed by atoms with Gasteiger partial charge in [-0.25, -0.2) is 4.39 Å². The van der Waals surface area contributed by atoms with E-state index < -0.39 is 0 Å². The third-order valence-corrected chi connectivity index (χ3v) is 4.76. The molecule has 5 heteroatoms. The number of carbonyl (C=O) groups excluding carboxylic acids is 1. The number of nitrogens with two attached hydrogens (primary N) is 1. The van der Waals surface area contributed by atoms with Crippen molar-refractivity contribution in [3.63, 3.8) is 0 Å². The number of likely N-dealkylation sites (tertiary alicyclic amines) is 1. The van der Waals surface area contributed by atoms with Crippen molar-refractivity contribution >= 4 is 5.91 Å². The van der Waals surface area contributed by atoms with Crippen molar-refractivity contribution in [2.45, 2.75) is 44.8 Å². The molecule has 3 rings (SSSR count). The quantitative estimate of drug-likeness (QED) is 0.877. The monoisotopic (exact) mass is 320 g/mol. The maximum absolute atomic E-state index is 13.9. The Morgan fingerprint density at radius 3 is 2.87 bits per heavy atom. The molecule has 126 valence electrons. The van der Waals surface area contributed by atoms with Crippen molar-refractivity contribution < 1.29 is 13.9 Å². The summed E-state index contributed by atoms with van der Waals surface area (Å²) in [5.41, 5.74) is 6.77. The van der Waals surface area contributed by atoms with E-state index in [1.54, 1.807) is 12.1 Å². The standard InChI is InChI=1S/C18H25FN2O2/c19-17-7-6-14(9-15(17)12-23-11-13-4-5-13)18(22)21-8-2-1-3-16(21)10-20/h6-7,9,13,16H,1-5,8,10-12,20H2/t16-/m1/s1. The molecule has 0 unspecified atom stereocenters. The lowest BCUT2D eigenvalue weighted by molar-refractivity contribution is 0.0622. The molecule has 1 saturated carbocycles. The van der Waals surface area contributed by atoms with E-state index in [4.69, 9.17) is 10.5 Å². The molecule has 23 heavy (non-hydrogen) atoms. The molecular formula is C18H25FN2O2. The van der Waals surface area contributed by atoms with Crippen LogP contribution in [0.2, 0.25) is 0 Å². The summed E-state index contributed by atoms with van der Waals surface area (Å²) in [7, 11) is 0. The van der Waals surface area contributed by atoms with Gasteiger partial charge in [-0.2, -0.15) is 0 Å². The lowest BCUT2D eigenvalue weighted by atomic mass is 10.0. The minimum Gasteiger partial charge on any atom is -0.376 e. The number of benzene rings is 1. The van der Waals surface area contributed by atoms with E-state index in [0.717, 1.165) is 25.8 Å². The number of carbonyl (C=O) groups is 1. The molecule has 1 aliphatic carbocycles. The zero-order valence-electron chi connectivity index (χ0n) is 13.5. The van der Waals surface area contributed by atoms with Gasteiger partial charge in [-0.3, -0.25) is 4.79 Å². The van der Waals surface area contributed by atoms with Gasteiger partial charge in [0.25, 0.3) is 5.91 Å². The van der Waals surface area contributed by atoms with Crippen molar-refractivity contribution in [1.29, 1.82) is 0 Å². The molecule has 1 atom stereocenters. The Labute approximate surface area is 136 Å². The summed E-state index contributed by atoms with van der Waals surface area (Å²) < 4.78 is 19.5. The Hall–Kier alpha value is -1.46. The second-order valence-electron chi connectivity index (χ2n) is 6.65. The first-order valence-corrected chi connectivity index (χ1v) is 8.56. The van der Waals surface area contributed by atoms with Gasteiger partial charge >= 0.3 is 0 Å². The number of nitrogens with zero attached hydrogens (tertiary/aromatic N) is 1. The third kappa shape index (κ3) is 4.09. The molecule has 1 saturated heterocycles. The molecule has 1 amide bonds. The predicted molar refractivity (Wildman–Crippen MR) is 86.5 cm³/mol. The van der Waals surface area contributed by atoms with Gasteiger partial charge in [0.15, 0.2) is 0 Å². The fourth-order valence-corrected chi connectivity index (χ4v) is 3.12. The van der Waals surface area contributed by atoms with Gasteiger partial charge in [0, 0.05) is 36.9 Å². The minimum atomic E-state index is -0.314. The maximum atomic E-state index is 13.9. The molecule has 1 aromatic carbocycles. The largest absolute Gasteiger partial charge is 0.376 e. The second kappa shape index (κ2) is 7.41. The molecule has 1 aliphatic heterocycles. The Morgan fingerprint density at radius 2 is 2.13 bits per heavy atom. The first-order valence-electron chi connectivity index (χ1n) is 8.56. The lowest BCUT2D eigenvalue weighted by Gasteiger charge is -2.35. The van der Waals surface area contributed by atoms with Crippen LogP contribution in [0.5, 0.6) is 0 Å². The number of halogens is 1. The van der Waals surface area contributed by atoms with E-state index in [9.17, 15) is 9.18 Å². The summed E-state index contributed by atoms with van der Waals surface area (Å²) in [6.07, 6.45) is 5.46. The highest BCUT2D eigenvalue weighted by atomic mass is 19.1. The maximum Gasteiger partial charge on any atom is 0.254 e. The van der Waals surface area contributed by atoms with Gasteiger partial charge < -0.3 is 15.4 Å². The molecule has 1 aromatic rings. The van der Waals surface area contributed by atoms with Gasteiger partial charge in [-0.1, -0.05) is 0 Å². The van der Waals surface area contributed by atoms with Crippen molar-refractivity contribution in [1.82, 2.24) is 4.90 Å². The molecule has 1 heterocycles. The molecule has 0 bridgehead atoms. The van der Waals surface area contributed by atoms with Crippen LogP contribution in [0.25, 0.3) is 0 Å². The molecular weight excluding hydrogens is 295 g/mol. The Morgan fingerprint density at radius 1 is 1.30 bits per heavy atom. The van der Waals surface area contributed by atoms with Gasteiger partial charge in [0.1, 0.15) is 5.82 Å². The van der Waals surface area contributed by atoms with E-state index in [2.05, 4.69) is 0 Å². The zero-order chi connectivity index (χ0) is 16.2. The molecule has 2 fully saturated rings. The van der Waals surface area contributed by atoms with Crippen molar-refractivity contribution in [3.05, 3.63) is 35.1 Å². The molecule has 0 spiro atoms. The number of hydrogen-bond donors (Lipinski definition) is 1. The molecule has 2 N–H and O–H groups in total. The van der Waals surface area contributed by atoms with Crippen LogP contribution in [0.3, 0.4) is 0 Å². The average Bonchev–Trinajstić information content (AvgIpc) is 3.40. The van der Waals surface area contributed by atoms with Crippen molar-refractivity contribution in [2.75, 3.05) is 19.7 Å². The highest BCUT2D eigenvalue weighted by molar-refractivity contribution is 5.94. The Kier molecular flexibility index (Phi) is 5.28. The highest BCUT2D eigenvalue weighted by Gasteiger charge is 2.27. The minimum absolute atomic E-state index is 0.0522. The lowest BCUT2D eigenvalue weighted by Crippen LogP contribution is -2.47. The van der Waals surface area contributed by atoms with Crippen LogP contribution in [0.1, 0.15) is 48.0 Å². The second-order valence-corrected chi connectivity index (χ2v) is 6.65. The van der Waals surface area contributed by atoms with Crippen LogP contribution in [0.4, 0.5) is 4.39 Å². The summed E-state index contributed by atoms with van der Waals surface area (Å²) in [5.74, 6) is 0.275.